The highest BCUT2D eigenvalue weighted by molar-refractivity contribution is 7.91. The van der Waals surface area contributed by atoms with Crippen LogP contribution in [0.15, 0.2) is 28.9 Å². The Hall–Kier alpha value is -0.810. The fourth-order valence-electron chi connectivity index (χ4n) is 1.13. The zero-order chi connectivity index (χ0) is 11.5. The molecule has 0 amide bonds. The van der Waals surface area contributed by atoms with Crippen molar-refractivity contribution in [2.24, 2.45) is 7.05 Å². The fraction of sp³-hybridized carbons (Fsp3) is 0.444. The summed E-state index contributed by atoms with van der Waals surface area (Å²) >= 11 is 5.55. The lowest BCUT2D eigenvalue weighted by Crippen LogP contribution is -2.05. The number of hydrogen-bond acceptors (Lipinski definition) is 3. The lowest BCUT2D eigenvalue weighted by molar-refractivity contribution is 0.593. The monoisotopic (exact) mass is 248 g/mol. The van der Waals surface area contributed by atoms with Gasteiger partial charge < -0.3 is 0 Å². The quantitative estimate of drug-likeness (QED) is 0.797. The van der Waals surface area contributed by atoms with Gasteiger partial charge in [0.15, 0.2) is 9.84 Å². The van der Waals surface area contributed by atoms with E-state index in [-0.39, 0.29) is 10.6 Å². The zero-order valence-electron chi connectivity index (χ0n) is 8.48. The summed E-state index contributed by atoms with van der Waals surface area (Å²) in [5.41, 5.74) is 0. The van der Waals surface area contributed by atoms with Gasteiger partial charge in [0, 0.05) is 18.3 Å². The highest BCUT2D eigenvalue weighted by Gasteiger charge is 2.15. The first-order valence-corrected chi connectivity index (χ1v) is 6.49. The van der Waals surface area contributed by atoms with Crippen LogP contribution >= 0.6 is 11.6 Å². The van der Waals surface area contributed by atoms with E-state index in [1.807, 2.05) is 0 Å². The van der Waals surface area contributed by atoms with Gasteiger partial charge in [0.2, 0.25) is 0 Å². The summed E-state index contributed by atoms with van der Waals surface area (Å²) in [5, 5.41) is 4.30. The molecule has 0 aromatic carbocycles. The number of sulfone groups is 1. The summed E-state index contributed by atoms with van der Waals surface area (Å²) in [7, 11) is -1.54. The van der Waals surface area contributed by atoms with Crippen LogP contribution in [-0.2, 0) is 16.9 Å². The first-order chi connectivity index (χ1) is 6.92. The maximum Gasteiger partial charge on any atom is 0.181 e. The molecule has 1 rings (SSSR count). The summed E-state index contributed by atoms with van der Waals surface area (Å²) in [6.07, 6.45) is 3.84. The third kappa shape index (κ3) is 3.68. The van der Waals surface area contributed by atoms with E-state index in [1.54, 1.807) is 7.05 Å². The van der Waals surface area contributed by atoms with Crippen LogP contribution in [0.5, 0.6) is 0 Å². The van der Waals surface area contributed by atoms with Crippen molar-refractivity contribution in [3.63, 3.8) is 0 Å². The molecule has 0 fully saturated rings. The standard InChI is InChI=1S/C9H13ClN2O2S/c1-8(10)4-3-5-15(13,14)9-6-11-12(2)7-9/h6-7H,1,3-5H2,2H3. The molecule has 0 N–H and O–H groups in total. The normalized spacial score (nSPS) is 11.6. The molecule has 4 nitrogen and oxygen atoms in total. The van der Waals surface area contributed by atoms with E-state index in [2.05, 4.69) is 11.7 Å². The number of halogens is 1. The van der Waals surface area contributed by atoms with Gasteiger partial charge in [0.25, 0.3) is 0 Å². The minimum absolute atomic E-state index is 0.0738. The molecule has 0 bridgehead atoms. The van der Waals surface area contributed by atoms with Gasteiger partial charge in [-0.05, 0) is 12.8 Å². The third-order valence-corrected chi connectivity index (χ3v) is 3.85. The molecule has 0 spiro atoms. The number of rotatable bonds is 5. The highest BCUT2D eigenvalue weighted by atomic mass is 35.5. The first kappa shape index (κ1) is 12.3. The topological polar surface area (TPSA) is 52.0 Å². The van der Waals surface area contributed by atoms with Gasteiger partial charge >= 0.3 is 0 Å². The molecular weight excluding hydrogens is 236 g/mol. The molecule has 0 unspecified atom stereocenters. The Balaban J connectivity index is 2.64. The van der Waals surface area contributed by atoms with E-state index < -0.39 is 9.84 Å². The molecule has 1 aromatic rings. The number of hydrogen-bond donors (Lipinski definition) is 0. The molecule has 0 atom stereocenters. The van der Waals surface area contributed by atoms with Gasteiger partial charge in [-0.1, -0.05) is 18.2 Å². The fourth-order valence-corrected chi connectivity index (χ4v) is 2.55. The number of aromatic nitrogens is 2. The summed E-state index contributed by atoms with van der Waals surface area (Å²) in [6.45, 7) is 3.51. The Labute approximate surface area is 94.5 Å². The minimum Gasteiger partial charge on any atom is -0.274 e. The van der Waals surface area contributed by atoms with Crippen molar-refractivity contribution >= 4 is 21.4 Å². The van der Waals surface area contributed by atoms with Crippen molar-refractivity contribution in [3.8, 4) is 0 Å². The van der Waals surface area contributed by atoms with Crippen LogP contribution in [0.1, 0.15) is 12.8 Å². The molecule has 0 saturated heterocycles. The molecule has 15 heavy (non-hydrogen) atoms. The van der Waals surface area contributed by atoms with E-state index in [4.69, 9.17) is 11.6 Å². The Morgan fingerprint density at radius 2 is 2.33 bits per heavy atom. The summed E-state index contributed by atoms with van der Waals surface area (Å²) < 4.78 is 24.9. The van der Waals surface area contributed by atoms with Crippen LogP contribution in [0.2, 0.25) is 0 Å². The molecule has 0 aliphatic rings. The van der Waals surface area contributed by atoms with Crippen molar-refractivity contribution in [2.45, 2.75) is 17.7 Å². The Bertz CT molecular complexity index is 450. The molecule has 1 aromatic heterocycles. The molecule has 0 radical (unpaired) electrons. The highest BCUT2D eigenvalue weighted by Crippen LogP contribution is 2.13. The number of nitrogens with zero attached hydrogens (tertiary/aromatic N) is 2. The SMILES string of the molecule is C=C(Cl)CCCS(=O)(=O)c1cnn(C)c1. The van der Waals surface area contributed by atoms with Crippen molar-refractivity contribution in [1.82, 2.24) is 9.78 Å². The van der Waals surface area contributed by atoms with Crippen molar-refractivity contribution in [2.75, 3.05) is 5.75 Å². The van der Waals surface area contributed by atoms with Gasteiger partial charge in [-0.2, -0.15) is 5.10 Å². The Morgan fingerprint density at radius 3 is 2.80 bits per heavy atom. The number of aryl methyl sites for hydroxylation is 1. The first-order valence-electron chi connectivity index (χ1n) is 4.46. The Morgan fingerprint density at radius 1 is 1.67 bits per heavy atom. The predicted molar refractivity (Wildman–Crippen MR) is 59.5 cm³/mol. The van der Waals surface area contributed by atoms with E-state index in [0.717, 1.165) is 0 Å². The van der Waals surface area contributed by atoms with Gasteiger partial charge in [-0.25, -0.2) is 8.42 Å². The van der Waals surface area contributed by atoms with Crippen LogP contribution in [0.4, 0.5) is 0 Å². The van der Waals surface area contributed by atoms with E-state index in [0.29, 0.717) is 17.9 Å². The number of allylic oxidation sites excluding steroid dienone is 1. The smallest absolute Gasteiger partial charge is 0.181 e. The maximum absolute atomic E-state index is 11.7. The second-order valence-electron chi connectivity index (χ2n) is 3.29. The van der Waals surface area contributed by atoms with Gasteiger partial charge in [0.1, 0.15) is 4.90 Å². The van der Waals surface area contributed by atoms with Crippen molar-refractivity contribution in [3.05, 3.63) is 24.0 Å². The summed E-state index contributed by atoms with van der Waals surface area (Å²) in [6, 6.07) is 0. The lowest BCUT2D eigenvalue weighted by Gasteiger charge is -2.00. The average Bonchev–Trinajstić information content (AvgIpc) is 2.51. The van der Waals surface area contributed by atoms with Crippen LogP contribution in [0.3, 0.4) is 0 Å². The van der Waals surface area contributed by atoms with Gasteiger partial charge in [-0.3, -0.25) is 4.68 Å². The van der Waals surface area contributed by atoms with E-state index >= 15 is 0 Å². The molecule has 84 valence electrons. The zero-order valence-corrected chi connectivity index (χ0v) is 10.1. The largest absolute Gasteiger partial charge is 0.274 e. The van der Waals surface area contributed by atoms with Crippen molar-refractivity contribution < 1.29 is 8.42 Å². The van der Waals surface area contributed by atoms with Crippen LogP contribution in [0.25, 0.3) is 0 Å². The lowest BCUT2D eigenvalue weighted by atomic mass is 10.3. The molecular formula is C9H13ClN2O2S. The second kappa shape index (κ2) is 4.81. The van der Waals surface area contributed by atoms with Gasteiger partial charge in [-0.15, -0.1) is 0 Å². The second-order valence-corrected chi connectivity index (χ2v) is 5.93. The van der Waals surface area contributed by atoms with Crippen molar-refractivity contribution in [1.29, 1.82) is 0 Å². The molecule has 0 aliphatic carbocycles. The molecule has 6 heteroatoms. The van der Waals surface area contributed by atoms with E-state index in [9.17, 15) is 8.42 Å². The van der Waals surface area contributed by atoms with E-state index in [1.165, 1.54) is 17.1 Å². The average molecular weight is 249 g/mol. The minimum atomic E-state index is -3.22. The molecule has 1 heterocycles. The maximum atomic E-state index is 11.7. The van der Waals surface area contributed by atoms with Crippen LogP contribution in [-0.4, -0.2) is 24.0 Å². The Kier molecular flexibility index (Phi) is 3.93. The summed E-state index contributed by atoms with van der Waals surface area (Å²) in [5.74, 6) is 0.0738. The molecule has 0 saturated carbocycles. The van der Waals surface area contributed by atoms with Crippen LogP contribution in [0, 0.1) is 0 Å². The van der Waals surface area contributed by atoms with Crippen LogP contribution < -0.4 is 0 Å². The van der Waals surface area contributed by atoms with Gasteiger partial charge in [0.05, 0.1) is 11.9 Å². The molecule has 0 aliphatic heterocycles. The summed E-state index contributed by atoms with van der Waals surface area (Å²) in [4.78, 5) is 0.255. The predicted octanol–water partition coefficient (Wildman–Crippen LogP) is 1.73. The third-order valence-electron chi connectivity index (χ3n) is 1.90.